The molecule has 2 aliphatic heterocycles. The van der Waals surface area contributed by atoms with Gasteiger partial charge in [0, 0.05) is 39.5 Å². The van der Waals surface area contributed by atoms with E-state index in [4.69, 9.17) is 4.98 Å². The zero-order valence-corrected chi connectivity index (χ0v) is 18.4. The van der Waals surface area contributed by atoms with Crippen molar-refractivity contribution in [1.82, 2.24) is 14.9 Å². The molecule has 1 fully saturated rings. The van der Waals surface area contributed by atoms with Crippen molar-refractivity contribution >= 4 is 45.7 Å². The van der Waals surface area contributed by atoms with E-state index in [9.17, 15) is 19.8 Å². The number of amides is 1. The molecule has 4 atom stereocenters. The molecule has 4 heterocycles. The highest BCUT2D eigenvalue weighted by atomic mass is 32.2. The Hall–Kier alpha value is -2.75. The predicted octanol–water partition coefficient (Wildman–Crippen LogP) is 3.60. The van der Waals surface area contributed by atoms with Gasteiger partial charge in [-0.3, -0.25) is 9.78 Å². The van der Waals surface area contributed by atoms with Crippen molar-refractivity contribution in [3.63, 3.8) is 0 Å². The fourth-order valence-electron chi connectivity index (χ4n) is 4.43. The molecule has 9 heteroatoms. The van der Waals surface area contributed by atoms with Gasteiger partial charge in [0.15, 0.2) is 4.34 Å². The van der Waals surface area contributed by atoms with E-state index in [1.807, 2.05) is 42.8 Å². The van der Waals surface area contributed by atoms with Crippen molar-refractivity contribution < 1.29 is 19.8 Å². The highest BCUT2D eigenvalue weighted by molar-refractivity contribution is 8.04. The number of hydrogen-bond acceptors (Lipinski definition) is 7. The number of carbonyl (C=O) groups is 2. The summed E-state index contributed by atoms with van der Waals surface area (Å²) in [5.41, 5.74) is 1.78. The number of aliphatic hydroxyl groups excluding tert-OH is 1. The Kier molecular flexibility index (Phi) is 4.84. The number of aliphatic carboxylic acids is 1. The number of β-lactam (4-membered cyclic amide) rings is 1. The van der Waals surface area contributed by atoms with Crippen LogP contribution >= 0.6 is 23.1 Å². The molecule has 3 aromatic rings. The van der Waals surface area contributed by atoms with Gasteiger partial charge in [0.25, 0.3) is 0 Å². The van der Waals surface area contributed by atoms with E-state index in [-0.39, 0.29) is 23.6 Å². The van der Waals surface area contributed by atoms with Gasteiger partial charge in [0.05, 0.1) is 23.8 Å². The third-order valence-electron chi connectivity index (χ3n) is 5.93. The van der Waals surface area contributed by atoms with Gasteiger partial charge in [0.1, 0.15) is 5.70 Å². The molecule has 5 rings (SSSR count). The number of carboxylic acid groups (broad SMARTS) is 1. The molecule has 0 aliphatic carbocycles. The molecule has 0 saturated carbocycles. The summed E-state index contributed by atoms with van der Waals surface area (Å²) < 4.78 is 0.713. The van der Waals surface area contributed by atoms with Crippen LogP contribution in [0.5, 0.6) is 0 Å². The SMILES string of the molecule is C[C@@H](O)[C@H]1C(=O)N2C(C(=O)O)=C(Sc3nc(-c4ccc5ccncc5c4)cs3)[C@H](C)[C@H]12. The molecule has 7 nitrogen and oxygen atoms in total. The van der Waals surface area contributed by atoms with Gasteiger partial charge < -0.3 is 15.1 Å². The molecule has 2 aliphatic rings. The summed E-state index contributed by atoms with van der Waals surface area (Å²) >= 11 is 2.74. The van der Waals surface area contributed by atoms with E-state index < -0.39 is 18.0 Å². The lowest BCUT2D eigenvalue weighted by Gasteiger charge is -2.46. The van der Waals surface area contributed by atoms with Crippen molar-refractivity contribution in [2.45, 2.75) is 30.3 Å². The van der Waals surface area contributed by atoms with Crippen LogP contribution in [0.15, 0.2) is 57.0 Å². The number of aliphatic hydroxyl groups is 1. The van der Waals surface area contributed by atoms with Crippen LogP contribution in [0.4, 0.5) is 0 Å². The normalized spacial score (nSPS) is 23.8. The Morgan fingerprint density at radius 2 is 2.10 bits per heavy atom. The number of pyridine rings is 1. The summed E-state index contributed by atoms with van der Waals surface area (Å²) in [5, 5.41) is 23.8. The largest absolute Gasteiger partial charge is 0.477 e. The molecule has 1 amide bonds. The average molecular weight is 454 g/mol. The fraction of sp³-hybridized carbons (Fsp3) is 0.273. The number of aromatic nitrogens is 2. The van der Waals surface area contributed by atoms with Gasteiger partial charge in [-0.15, -0.1) is 11.3 Å². The summed E-state index contributed by atoms with van der Waals surface area (Å²) in [5.74, 6) is -2.22. The van der Waals surface area contributed by atoms with Crippen LogP contribution in [0.1, 0.15) is 13.8 Å². The second-order valence-electron chi connectivity index (χ2n) is 7.81. The van der Waals surface area contributed by atoms with Gasteiger partial charge in [0.2, 0.25) is 5.91 Å². The number of nitrogens with zero attached hydrogens (tertiary/aromatic N) is 3. The fourth-order valence-corrected chi connectivity index (χ4v) is 6.53. The van der Waals surface area contributed by atoms with Crippen molar-refractivity contribution in [2.24, 2.45) is 11.8 Å². The molecule has 0 spiro atoms. The van der Waals surface area contributed by atoms with E-state index in [0.717, 1.165) is 22.0 Å². The summed E-state index contributed by atoms with van der Waals surface area (Å²) in [6.45, 7) is 3.48. The van der Waals surface area contributed by atoms with Crippen LogP contribution in [0.2, 0.25) is 0 Å². The molecule has 2 N–H and O–H groups in total. The monoisotopic (exact) mass is 453 g/mol. The van der Waals surface area contributed by atoms with Crippen LogP contribution in [0.3, 0.4) is 0 Å². The van der Waals surface area contributed by atoms with Crippen LogP contribution in [-0.2, 0) is 9.59 Å². The van der Waals surface area contributed by atoms with E-state index in [2.05, 4.69) is 4.98 Å². The van der Waals surface area contributed by atoms with Crippen molar-refractivity contribution in [2.75, 3.05) is 0 Å². The number of thioether (sulfide) groups is 1. The first-order valence-electron chi connectivity index (χ1n) is 9.83. The molecule has 0 unspecified atom stereocenters. The Balaban J connectivity index is 1.45. The van der Waals surface area contributed by atoms with Gasteiger partial charge >= 0.3 is 5.97 Å². The summed E-state index contributed by atoms with van der Waals surface area (Å²) in [6, 6.07) is 7.69. The van der Waals surface area contributed by atoms with Gasteiger partial charge in [-0.25, -0.2) is 9.78 Å². The van der Waals surface area contributed by atoms with Gasteiger partial charge in [-0.05, 0) is 24.4 Å². The maximum atomic E-state index is 12.5. The van der Waals surface area contributed by atoms with Crippen LogP contribution < -0.4 is 0 Å². The summed E-state index contributed by atoms with van der Waals surface area (Å²) in [7, 11) is 0. The van der Waals surface area contributed by atoms with Gasteiger partial charge in [-0.2, -0.15) is 0 Å². The smallest absolute Gasteiger partial charge is 0.353 e. The number of carbonyl (C=O) groups excluding carboxylic acids is 1. The maximum Gasteiger partial charge on any atom is 0.353 e. The lowest BCUT2D eigenvalue weighted by Crippen LogP contribution is -2.63. The molecule has 0 bridgehead atoms. The average Bonchev–Trinajstić information content (AvgIpc) is 3.30. The van der Waals surface area contributed by atoms with Crippen LogP contribution in [0, 0.1) is 11.8 Å². The molecule has 158 valence electrons. The Labute approximate surface area is 186 Å². The number of hydrogen-bond donors (Lipinski definition) is 2. The first-order valence-corrected chi connectivity index (χ1v) is 11.5. The number of benzene rings is 1. The number of thiazole rings is 1. The highest BCUT2D eigenvalue weighted by Crippen LogP contribution is 2.52. The minimum absolute atomic E-state index is 0.0120. The zero-order valence-electron chi connectivity index (χ0n) is 16.7. The molecular formula is C22H19N3O4S2. The number of rotatable bonds is 5. The lowest BCUT2D eigenvalue weighted by atomic mass is 9.79. The van der Waals surface area contributed by atoms with E-state index in [1.54, 1.807) is 13.1 Å². The van der Waals surface area contributed by atoms with E-state index in [1.165, 1.54) is 28.0 Å². The second kappa shape index (κ2) is 7.44. The number of carboxylic acids is 1. The standard InChI is InChI=1S/C22H19N3O4S2/c1-10-17-16(11(2)26)20(27)25(17)18(21(28)29)19(10)31-22-24-15(9-30-22)13-4-3-12-5-6-23-8-14(12)7-13/h3-11,16-17,26H,1-2H3,(H,28,29)/t10-,11-,16-,17-/m1/s1. The molecule has 31 heavy (non-hydrogen) atoms. The van der Waals surface area contributed by atoms with Crippen LogP contribution in [-0.4, -0.2) is 49.1 Å². The first kappa shape index (κ1) is 20.2. The van der Waals surface area contributed by atoms with Crippen molar-refractivity contribution in [3.8, 4) is 11.3 Å². The molecule has 1 saturated heterocycles. The third-order valence-corrected chi connectivity index (χ3v) is 8.15. The third kappa shape index (κ3) is 3.15. The Morgan fingerprint density at radius 3 is 2.84 bits per heavy atom. The van der Waals surface area contributed by atoms with Crippen LogP contribution in [0.25, 0.3) is 22.0 Å². The molecule has 0 radical (unpaired) electrons. The van der Waals surface area contributed by atoms with Crippen molar-refractivity contribution in [3.05, 3.63) is 52.6 Å². The maximum absolute atomic E-state index is 12.5. The number of fused-ring (bicyclic) bond motifs is 2. The summed E-state index contributed by atoms with van der Waals surface area (Å²) in [4.78, 5) is 35.2. The Bertz CT molecular complexity index is 1250. The van der Waals surface area contributed by atoms with E-state index in [0.29, 0.717) is 9.24 Å². The Morgan fingerprint density at radius 1 is 1.29 bits per heavy atom. The minimum atomic E-state index is -1.13. The first-order chi connectivity index (χ1) is 14.9. The second-order valence-corrected chi connectivity index (χ2v) is 9.96. The van der Waals surface area contributed by atoms with Crippen molar-refractivity contribution in [1.29, 1.82) is 0 Å². The molecular weight excluding hydrogens is 434 g/mol. The van der Waals surface area contributed by atoms with Gasteiger partial charge in [-0.1, -0.05) is 30.8 Å². The quantitative estimate of drug-likeness (QED) is 0.569. The lowest BCUT2D eigenvalue weighted by molar-refractivity contribution is -0.163. The summed E-state index contributed by atoms with van der Waals surface area (Å²) in [6.07, 6.45) is 2.75. The minimum Gasteiger partial charge on any atom is -0.477 e. The van der Waals surface area contributed by atoms with E-state index >= 15 is 0 Å². The molecule has 2 aromatic heterocycles. The zero-order chi connectivity index (χ0) is 21.9. The molecule has 1 aromatic carbocycles. The predicted molar refractivity (Wildman–Crippen MR) is 118 cm³/mol. The topological polar surface area (TPSA) is 104 Å². The highest BCUT2D eigenvalue weighted by Gasteiger charge is 2.60.